The summed E-state index contributed by atoms with van der Waals surface area (Å²) in [5, 5.41) is 2.59. The summed E-state index contributed by atoms with van der Waals surface area (Å²) in [4.78, 5) is 25.4. The Morgan fingerprint density at radius 2 is 1.43 bits per heavy atom. The molecule has 28 heavy (non-hydrogen) atoms. The second-order valence-corrected chi connectivity index (χ2v) is 8.42. The Morgan fingerprint density at radius 3 is 2.00 bits per heavy atom. The van der Waals surface area contributed by atoms with Gasteiger partial charge in [0.25, 0.3) is 15.9 Å². The number of sulfonamides is 1. The van der Waals surface area contributed by atoms with Gasteiger partial charge < -0.3 is 10.2 Å². The molecule has 1 fully saturated rings. The highest BCUT2D eigenvalue weighted by molar-refractivity contribution is 7.92. The summed E-state index contributed by atoms with van der Waals surface area (Å²) in [5.41, 5.74) is 1.44. The van der Waals surface area contributed by atoms with Crippen molar-refractivity contribution >= 4 is 33.2 Å². The summed E-state index contributed by atoms with van der Waals surface area (Å²) < 4.78 is 27.6. The molecule has 0 saturated carbocycles. The highest BCUT2D eigenvalue weighted by Gasteiger charge is 2.19. The Morgan fingerprint density at radius 1 is 0.857 bits per heavy atom. The second-order valence-electron chi connectivity index (χ2n) is 6.74. The lowest BCUT2D eigenvalue weighted by atomic mass is 10.1. The Balaban J connectivity index is 1.68. The summed E-state index contributed by atoms with van der Waals surface area (Å²) >= 11 is 0. The zero-order valence-electron chi connectivity index (χ0n) is 15.6. The third-order valence-corrected chi connectivity index (χ3v) is 5.91. The molecule has 1 saturated heterocycles. The summed E-state index contributed by atoms with van der Waals surface area (Å²) in [6.07, 6.45) is 3.19. The van der Waals surface area contributed by atoms with Crippen LogP contribution in [0.15, 0.2) is 53.4 Å². The SMILES string of the molecule is CC(=O)Nc1ccc(S(=O)(=O)Nc2ccc(C(=O)N3CCCCC3)cc2)cc1. The minimum absolute atomic E-state index is 0.0253. The van der Waals surface area contributed by atoms with Crippen LogP contribution in [0.25, 0.3) is 0 Å². The normalized spacial score (nSPS) is 14.4. The highest BCUT2D eigenvalue weighted by Crippen LogP contribution is 2.20. The number of carbonyl (C=O) groups excluding carboxylic acids is 2. The Hall–Kier alpha value is -2.87. The molecule has 0 aliphatic carbocycles. The van der Waals surface area contributed by atoms with Crippen LogP contribution >= 0.6 is 0 Å². The molecule has 2 N–H and O–H groups in total. The number of nitrogens with zero attached hydrogens (tertiary/aromatic N) is 1. The average Bonchev–Trinajstić information content (AvgIpc) is 2.68. The van der Waals surface area contributed by atoms with Gasteiger partial charge in [-0.2, -0.15) is 0 Å². The van der Waals surface area contributed by atoms with Gasteiger partial charge in [0.2, 0.25) is 5.91 Å². The molecule has 0 spiro atoms. The molecule has 8 heteroatoms. The Kier molecular flexibility index (Phi) is 5.99. The van der Waals surface area contributed by atoms with Crippen LogP contribution < -0.4 is 10.0 Å². The molecule has 1 aliphatic rings. The van der Waals surface area contributed by atoms with Crippen LogP contribution in [-0.2, 0) is 14.8 Å². The van der Waals surface area contributed by atoms with E-state index in [2.05, 4.69) is 10.0 Å². The molecule has 148 valence electrons. The highest BCUT2D eigenvalue weighted by atomic mass is 32.2. The number of carbonyl (C=O) groups is 2. The van der Waals surface area contributed by atoms with E-state index in [4.69, 9.17) is 0 Å². The molecule has 0 radical (unpaired) electrons. The van der Waals surface area contributed by atoms with Gasteiger partial charge >= 0.3 is 0 Å². The van der Waals surface area contributed by atoms with Gasteiger partial charge in [-0.15, -0.1) is 0 Å². The van der Waals surface area contributed by atoms with E-state index in [9.17, 15) is 18.0 Å². The van der Waals surface area contributed by atoms with Crippen LogP contribution in [0.4, 0.5) is 11.4 Å². The number of likely N-dealkylation sites (tertiary alicyclic amines) is 1. The van der Waals surface area contributed by atoms with E-state index in [-0.39, 0.29) is 16.7 Å². The van der Waals surface area contributed by atoms with Gasteiger partial charge in [-0.1, -0.05) is 0 Å². The Bertz CT molecular complexity index is 948. The topological polar surface area (TPSA) is 95.6 Å². The molecule has 0 bridgehead atoms. The largest absolute Gasteiger partial charge is 0.339 e. The number of piperidine rings is 1. The lowest BCUT2D eigenvalue weighted by molar-refractivity contribution is -0.114. The first kappa shape index (κ1) is 19.9. The second kappa shape index (κ2) is 8.43. The maximum absolute atomic E-state index is 12.5. The molecule has 7 nitrogen and oxygen atoms in total. The summed E-state index contributed by atoms with van der Waals surface area (Å²) in [6, 6.07) is 12.3. The molecule has 3 rings (SSSR count). The standard InChI is InChI=1S/C20H23N3O4S/c1-15(24)21-17-9-11-19(12-10-17)28(26,27)22-18-7-5-16(6-8-18)20(25)23-13-3-2-4-14-23/h5-12,22H,2-4,13-14H2,1H3,(H,21,24). The lowest BCUT2D eigenvalue weighted by Gasteiger charge is -2.26. The van der Waals surface area contributed by atoms with Gasteiger partial charge in [0.1, 0.15) is 0 Å². The number of amides is 2. The molecule has 1 aliphatic heterocycles. The van der Waals surface area contributed by atoms with E-state index < -0.39 is 10.0 Å². The maximum Gasteiger partial charge on any atom is 0.261 e. The minimum atomic E-state index is -3.77. The van der Waals surface area contributed by atoms with Crippen molar-refractivity contribution in [3.63, 3.8) is 0 Å². The van der Waals surface area contributed by atoms with E-state index in [1.165, 1.54) is 31.2 Å². The first-order valence-corrected chi connectivity index (χ1v) is 10.6. The smallest absolute Gasteiger partial charge is 0.261 e. The van der Waals surface area contributed by atoms with E-state index in [1.807, 2.05) is 4.90 Å². The fourth-order valence-corrected chi connectivity index (χ4v) is 4.15. The fourth-order valence-electron chi connectivity index (χ4n) is 3.10. The molecular weight excluding hydrogens is 378 g/mol. The predicted octanol–water partition coefficient (Wildman–Crippen LogP) is 3.07. The van der Waals surface area contributed by atoms with Crippen molar-refractivity contribution in [2.75, 3.05) is 23.1 Å². The quantitative estimate of drug-likeness (QED) is 0.805. The fraction of sp³-hybridized carbons (Fsp3) is 0.300. The van der Waals surface area contributed by atoms with E-state index in [0.29, 0.717) is 16.9 Å². The molecular formula is C20H23N3O4S. The van der Waals surface area contributed by atoms with Crippen molar-refractivity contribution in [1.29, 1.82) is 0 Å². The van der Waals surface area contributed by atoms with Crippen LogP contribution in [0.2, 0.25) is 0 Å². The molecule has 0 aromatic heterocycles. The minimum Gasteiger partial charge on any atom is -0.339 e. The first-order valence-electron chi connectivity index (χ1n) is 9.15. The molecule has 0 unspecified atom stereocenters. The van der Waals surface area contributed by atoms with Gasteiger partial charge in [0, 0.05) is 37.0 Å². The summed E-state index contributed by atoms with van der Waals surface area (Å²) in [6.45, 7) is 2.91. The zero-order chi connectivity index (χ0) is 20.1. The van der Waals surface area contributed by atoms with Crippen molar-refractivity contribution in [2.45, 2.75) is 31.1 Å². The van der Waals surface area contributed by atoms with Crippen LogP contribution in [0, 0.1) is 0 Å². The van der Waals surface area contributed by atoms with Gasteiger partial charge in [-0.05, 0) is 67.8 Å². The van der Waals surface area contributed by atoms with Crippen molar-refractivity contribution < 1.29 is 18.0 Å². The first-order chi connectivity index (χ1) is 13.3. The summed E-state index contributed by atoms with van der Waals surface area (Å²) in [7, 11) is -3.77. The summed E-state index contributed by atoms with van der Waals surface area (Å²) in [5.74, 6) is -0.254. The predicted molar refractivity (Wildman–Crippen MR) is 108 cm³/mol. The molecule has 2 aromatic carbocycles. The molecule has 0 atom stereocenters. The van der Waals surface area contributed by atoms with Gasteiger partial charge in [-0.25, -0.2) is 8.42 Å². The van der Waals surface area contributed by atoms with Gasteiger partial charge in [0.05, 0.1) is 4.90 Å². The number of rotatable bonds is 5. The lowest BCUT2D eigenvalue weighted by Crippen LogP contribution is -2.35. The third kappa shape index (κ3) is 4.89. The average molecular weight is 401 g/mol. The van der Waals surface area contributed by atoms with Crippen LogP contribution in [0.3, 0.4) is 0 Å². The van der Waals surface area contributed by atoms with Gasteiger partial charge in [-0.3, -0.25) is 14.3 Å². The van der Waals surface area contributed by atoms with E-state index in [1.54, 1.807) is 24.3 Å². The monoisotopic (exact) mass is 401 g/mol. The van der Waals surface area contributed by atoms with Crippen LogP contribution in [0.1, 0.15) is 36.5 Å². The van der Waals surface area contributed by atoms with E-state index in [0.717, 1.165) is 32.4 Å². The number of nitrogens with one attached hydrogen (secondary N) is 2. The maximum atomic E-state index is 12.5. The van der Waals surface area contributed by atoms with Crippen molar-refractivity contribution in [2.24, 2.45) is 0 Å². The molecule has 1 heterocycles. The van der Waals surface area contributed by atoms with Crippen LogP contribution in [-0.4, -0.2) is 38.2 Å². The van der Waals surface area contributed by atoms with E-state index >= 15 is 0 Å². The van der Waals surface area contributed by atoms with Crippen molar-refractivity contribution in [1.82, 2.24) is 4.90 Å². The van der Waals surface area contributed by atoms with Crippen molar-refractivity contribution in [3.05, 3.63) is 54.1 Å². The Labute approximate surface area is 164 Å². The number of hydrogen-bond donors (Lipinski definition) is 2. The third-order valence-electron chi connectivity index (χ3n) is 4.51. The number of hydrogen-bond acceptors (Lipinski definition) is 4. The number of anilines is 2. The van der Waals surface area contributed by atoms with Gasteiger partial charge in [0.15, 0.2) is 0 Å². The van der Waals surface area contributed by atoms with Crippen LogP contribution in [0.5, 0.6) is 0 Å². The number of benzene rings is 2. The zero-order valence-corrected chi connectivity index (χ0v) is 16.5. The molecule has 2 aromatic rings. The molecule has 2 amide bonds. The van der Waals surface area contributed by atoms with Crippen molar-refractivity contribution in [3.8, 4) is 0 Å².